The minimum Gasteiger partial charge on any atom is -0.478 e. The number of amides is 1. The molecule has 0 aliphatic carbocycles. The van der Waals surface area contributed by atoms with Crippen LogP contribution < -0.4 is 16.0 Å². The molecule has 1 amide bonds. The Morgan fingerprint density at radius 3 is 2.61 bits per heavy atom. The number of anilines is 2. The van der Waals surface area contributed by atoms with Gasteiger partial charge in [-0.1, -0.05) is 48.0 Å². The summed E-state index contributed by atoms with van der Waals surface area (Å²) in [5, 5.41) is 18.6. The van der Waals surface area contributed by atoms with Gasteiger partial charge in [0.15, 0.2) is 5.58 Å². The fourth-order valence-electron chi connectivity index (χ4n) is 3.91. The Balaban J connectivity index is 1.48. The van der Waals surface area contributed by atoms with Crippen molar-refractivity contribution in [3.8, 4) is 0 Å². The van der Waals surface area contributed by atoms with Crippen LogP contribution in [0.15, 0.2) is 93.5 Å². The van der Waals surface area contributed by atoms with Gasteiger partial charge in [-0.2, -0.15) is 4.98 Å². The third kappa shape index (κ3) is 4.64. The first-order valence-electron chi connectivity index (χ1n) is 11.0. The average Bonchev–Trinajstić information content (AvgIpc) is 3.26. The highest BCUT2D eigenvalue weighted by Crippen LogP contribution is 2.35. The number of aromatic carboxylic acids is 1. The number of aliphatic imine (C=N–C) groups is 1. The molecule has 4 N–H and O–H groups in total. The van der Waals surface area contributed by atoms with Crippen LogP contribution in [0.3, 0.4) is 0 Å². The highest BCUT2D eigenvalue weighted by Gasteiger charge is 2.31. The lowest BCUT2D eigenvalue weighted by Crippen LogP contribution is -2.37. The lowest BCUT2D eigenvalue weighted by Gasteiger charge is -2.27. The Kier molecular flexibility index (Phi) is 6.14. The summed E-state index contributed by atoms with van der Waals surface area (Å²) < 4.78 is 5.74. The molecule has 9 nitrogen and oxygen atoms in total. The molecule has 4 aromatic rings. The molecule has 0 radical (unpaired) electrons. The number of carbonyl (C=O) groups is 2. The van der Waals surface area contributed by atoms with E-state index in [1.165, 1.54) is 12.1 Å². The molecular weight excluding hydrogens is 482 g/mol. The van der Waals surface area contributed by atoms with E-state index in [0.29, 0.717) is 44.6 Å². The van der Waals surface area contributed by atoms with Gasteiger partial charge >= 0.3 is 12.0 Å². The van der Waals surface area contributed by atoms with Crippen molar-refractivity contribution in [3.05, 3.63) is 100 Å². The number of aromatic nitrogens is 1. The number of carboxylic acids is 1. The number of allylic oxidation sites excluding steroid dienone is 1. The zero-order valence-corrected chi connectivity index (χ0v) is 19.7. The van der Waals surface area contributed by atoms with E-state index in [0.717, 1.165) is 0 Å². The number of nitrogens with zero attached hydrogens (tertiary/aromatic N) is 2. The second-order valence-corrected chi connectivity index (χ2v) is 8.42. The topological polar surface area (TPSA) is 129 Å². The molecule has 1 aromatic heterocycles. The van der Waals surface area contributed by atoms with E-state index >= 15 is 0 Å². The third-order valence-electron chi connectivity index (χ3n) is 5.57. The summed E-state index contributed by atoms with van der Waals surface area (Å²) in [6, 6.07) is 20.0. The Labute approximate surface area is 210 Å². The molecule has 1 aliphatic heterocycles. The smallest absolute Gasteiger partial charge is 0.335 e. The van der Waals surface area contributed by atoms with Gasteiger partial charge in [0.25, 0.3) is 5.91 Å². The highest BCUT2D eigenvalue weighted by molar-refractivity contribution is 6.31. The van der Waals surface area contributed by atoms with Crippen LogP contribution in [-0.4, -0.2) is 27.9 Å². The number of carbonyl (C=O) groups excluding carboxylic acids is 1. The SMILES string of the molecule is CC1=C(C(=O)Nc2cccc(C(=O)O)c2)C(c2ccccc2Cl)N=C(Nc2nc3ccccc3o2)N1. The lowest BCUT2D eigenvalue weighted by atomic mass is 9.95. The number of oxazole rings is 1. The van der Waals surface area contributed by atoms with Crippen molar-refractivity contribution in [3.63, 3.8) is 0 Å². The molecule has 0 bridgehead atoms. The van der Waals surface area contributed by atoms with Crippen LogP contribution in [0.25, 0.3) is 11.1 Å². The average molecular weight is 502 g/mol. The Morgan fingerprint density at radius 2 is 1.83 bits per heavy atom. The summed E-state index contributed by atoms with van der Waals surface area (Å²) in [6.45, 7) is 1.74. The van der Waals surface area contributed by atoms with Crippen molar-refractivity contribution in [2.75, 3.05) is 10.6 Å². The maximum Gasteiger partial charge on any atom is 0.335 e. The van der Waals surface area contributed by atoms with Crippen molar-refractivity contribution in [1.82, 2.24) is 10.3 Å². The highest BCUT2D eigenvalue weighted by atomic mass is 35.5. The molecule has 3 aromatic carbocycles. The largest absolute Gasteiger partial charge is 0.478 e. The van der Waals surface area contributed by atoms with Crippen LogP contribution in [0.4, 0.5) is 11.7 Å². The first kappa shape index (κ1) is 23.1. The van der Waals surface area contributed by atoms with Crippen LogP contribution in [0.1, 0.15) is 28.9 Å². The van der Waals surface area contributed by atoms with Crippen LogP contribution in [-0.2, 0) is 4.79 Å². The molecule has 36 heavy (non-hydrogen) atoms. The summed E-state index contributed by atoms with van der Waals surface area (Å²) in [4.78, 5) is 33.9. The van der Waals surface area contributed by atoms with Crippen LogP contribution in [0, 0.1) is 0 Å². The number of hydrogen-bond donors (Lipinski definition) is 4. The molecular formula is C26H20ClN5O4. The van der Waals surface area contributed by atoms with Gasteiger partial charge in [-0.25, -0.2) is 9.79 Å². The van der Waals surface area contributed by atoms with Crippen molar-refractivity contribution in [2.45, 2.75) is 13.0 Å². The standard InChI is InChI=1S/C26H20ClN5O4/c1-14-21(23(33)29-16-8-6-7-15(13-16)24(34)35)22(17-9-2-3-10-18(17)27)31-25(28-14)32-26-30-19-11-4-5-12-20(19)36-26/h2-13,22H,1H3,(H,29,33)(H,34,35)(H2,28,30,31,32). The number of rotatable bonds is 5. The predicted molar refractivity (Wildman–Crippen MR) is 137 cm³/mol. The van der Waals surface area contributed by atoms with Gasteiger partial charge in [0, 0.05) is 22.0 Å². The van der Waals surface area contributed by atoms with E-state index in [-0.39, 0.29) is 11.6 Å². The van der Waals surface area contributed by atoms with Crippen LogP contribution in [0.5, 0.6) is 0 Å². The van der Waals surface area contributed by atoms with Gasteiger partial charge in [0.05, 0.1) is 11.1 Å². The van der Waals surface area contributed by atoms with Crippen LogP contribution >= 0.6 is 11.6 Å². The van der Waals surface area contributed by atoms with Crippen molar-refractivity contribution in [2.24, 2.45) is 4.99 Å². The minimum absolute atomic E-state index is 0.0609. The normalized spacial score (nSPS) is 15.3. The molecule has 0 fully saturated rings. The van der Waals surface area contributed by atoms with E-state index in [4.69, 9.17) is 21.0 Å². The first-order valence-corrected chi connectivity index (χ1v) is 11.3. The summed E-state index contributed by atoms with van der Waals surface area (Å²) in [5.41, 5.74) is 3.20. The molecule has 10 heteroatoms. The monoisotopic (exact) mass is 501 g/mol. The Bertz CT molecular complexity index is 1530. The Morgan fingerprint density at radius 1 is 1.06 bits per heavy atom. The number of benzene rings is 3. The molecule has 0 saturated heterocycles. The van der Waals surface area contributed by atoms with Crippen molar-refractivity contribution < 1.29 is 19.1 Å². The number of nitrogens with one attached hydrogen (secondary N) is 3. The fraction of sp³-hybridized carbons (Fsp3) is 0.0769. The first-order chi connectivity index (χ1) is 17.4. The molecule has 180 valence electrons. The van der Waals surface area contributed by atoms with E-state index in [1.54, 1.807) is 37.3 Å². The summed E-state index contributed by atoms with van der Waals surface area (Å²) in [5.74, 6) is -1.21. The number of hydrogen-bond acceptors (Lipinski definition) is 7. The molecule has 2 heterocycles. The van der Waals surface area contributed by atoms with E-state index in [2.05, 4.69) is 20.9 Å². The quantitative estimate of drug-likeness (QED) is 0.295. The van der Waals surface area contributed by atoms with E-state index in [1.807, 2.05) is 30.3 Å². The molecule has 1 unspecified atom stereocenters. The second kappa shape index (κ2) is 9.55. The summed E-state index contributed by atoms with van der Waals surface area (Å²) in [7, 11) is 0. The van der Waals surface area contributed by atoms with Gasteiger partial charge in [0.1, 0.15) is 11.6 Å². The van der Waals surface area contributed by atoms with Crippen LogP contribution in [0.2, 0.25) is 5.02 Å². The summed E-state index contributed by atoms with van der Waals surface area (Å²) >= 11 is 6.49. The zero-order chi connectivity index (χ0) is 25.2. The number of halogens is 1. The maximum atomic E-state index is 13.4. The van der Waals surface area contributed by atoms with Crippen molar-refractivity contribution >= 4 is 52.2 Å². The predicted octanol–water partition coefficient (Wildman–Crippen LogP) is 5.20. The minimum atomic E-state index is -1.09. The van der Waals surface area contributed by atoms with Gasteiger partial charge in [-0.3, -0.25) is 10.1 Å². The zero-order valence-electron chi connectivity index (χ0n) is 18.9. The lowest BCUT2D eigenvalue weighted by molar-refractivity contribution is -0.113. The number of para-hydroxylation sites is 2. The second-order valence-electron chi connectivity index (χ2n) is 8.02. The van der Waals surface area contributed by atoms with Gasteiger partial charge in [-0.15, -0.1) is 0 Å². The van der Waals surface area contributed by atoms with E-state index < -0.39 is 17.9 Å². The third-order valence-corrected chi connectivity index (χ3v) is 5.92. The Hall–Kier alpha value is -4.63. The number of guanidine groups is 1. The molecule has 1 aliphatic rings. The fourth-order valence-corrected chi connectivity index (χ4v) is 4.15. The van der Waals surface area contributed by atoms with Gasteiger partial charge in [0.2, 0.25) is 5.96 Å². The molecule has 0 saturated carbocycles. The van der Waals surface area contributed by atoms with Gasteiger partial charge < -0.3 is 20.2 Å². The maximum absolute atomic E-state index is 13.4. The molecule has 5 rings (SSSR count). The van der Waals surface area contributed by atoms with E-state index in [9.17, 15) is 14.7 Å². The van der Waals surface area contributed by atoms with Gasteiger partial charge in [-0.05, 0) is 43.3 Å². The molecule has 0 spiro atoms. The molecule has 1 atom stereocenters. The van der Waals surface area contributed by atoms with Crippen molar-refractivity contribution in [1.29, 1.82) is 0 Å². The summed E-state index contributed by atoms with van der Waals surface area (Å²) in [6.07, 6.45) is 0. The number of fused-ring (bicyclic) bond motifs is 1. The number of carboxylic acid groups (broad SMARTS) is 1.